The third-order valence-corrected chi connectivity index (χ3v) is 3.50. The standard InChI is InChI=1S/C12H16BrNO/c13-12-4-2-1-3-11(12)9-15-8-10-5-6-14-7-10/h1-4,10,14H,5-9H2. The Morgan fingerprint density at radius 3 is 3.00 bits per heavy atom. The van der Waals surface area contributed by atoms with Crippen molar-refractivity contribution in [2.45, 2.75) is 13.0 Å². The fourth-order valence-corrected chi connectivity index (χ4v) is 2.21. The summed E-state index contributed by atoms with van der Waals surface area (Å²) in [6.07, 6.45) is 1.25. The third-order valence-electron chi connectivity index (χ3n) is 2.73. The van der Waals surface area contributed by atoms with Crippen LogP contribution in [0.4, 0.5) is 0 Å². The van der Waals surface area contributed by atoms with E-state index in [2.05, 4.69) is 33.4 Å². The number of nitrogens with one attached hydrogen (secondary N) is 1. The molecule has 15 heavy (non-hydrogen) atoms. The van der Waals surface area contributed by atoms with Crippen LogP contribution >= 0.6 is 15.9 Å². The van der Waals surface area contributed by atoms with E-state index >= 15 is 0 Å². The van der Waals surface area contributed by atoms with Gasteiger partial charge < -0.3 is 10.1 Å². The maximum atomic E-state index is 5.71. The molecule has 82 valence electrons. The van der Waals surface area contributed by atoms with Crippen molar-refractivity contribution in [3.63, 3.8) is 0 Å². The lowest BCUT2D eigenvalue weighted by molar-refractivity contribution is 0.0921. The van der Waals surface area contributed by atoms with Gasteiger partial charge in [-0.15, -0.1) is 0 Å². The summed E-state index contributed by atoms with van der Waals surface area (Å²) in [5.41, 5.74) is 1.23. The molecule has 1 fully saturated rings. The first-order chi connectivity index (χ1) is 7.36. The fraction of sp³-hybridized carbons (Fsp3) is 0.500. The second-order valence-corrected chi connectivity index (χ2v) is 4.82. The number of hydrogen-bond donors (Lipinski definition) is 1. The van der Waals surface area contributed by atoms with Gasteiger partial charge in [-0.3, -0.25) is 0 Å². The van der Waals surface area contributed by atoms with Gasteiger partial charge >= 0.3 is 0 Å². The Hall–Kier alpha value is -0.380. The molecule has 1 aliphatic heterocycles. The quantitative estimate of drug-likeness (QED) is 0.908. The normalized spacial score (nSPS) is 20.7. The van der Waals surface area contributed by atoms with E-state index in [1.54, 1.807) is 0 Å². The third kappa shape index (κ3) is 3.30. The number of rotatable bonds is 4. The van der Waals surface area contributed by atoms with Crippen LogP contribution in [0.3, 0.4) is 0 Å². The van der Waals surface area contributed by atoms with Crippen molar-refractivity contribution in [2.24, 2.45) is 5.92 Å². The molecule has 1 aromatic carbocycles. The Morgan fingerprint density at radius 1 is 1.40 bits per heavy atom. The van der Waals surface area contributed by atoms with Crippen molar-refractivity contribution < 1.29 is 4.74 Å². The highest BCUT2D eigenvalue weighted by Crippen LogP contribution is 2.17. The highest BCUT2D eigenvalue weighted by Gasteiger charge is 2.14. The van der Waals surface area contributed by atoms with E-state index in [9.17, 15) is 0 Å². The molecule has 0 saturated carbocycles. The van der Waals surface area contributed by atoms with E-state index in [0.29, 0.717) is 12.5 Å². The van der Waals surface area contributed by atoms with E-state index in [1.165, 1.54) is 12.0 Å². The van der Waals surface area contributed by atoms with Crippen LogP contribution in [-0.2, 0) is 11.3 Å². The first-order valence-electron chi connectivity index (χ1n) is 5.38. The van der Waals surface area contributed by atoms with Gasteiger partial charge in [0.05, 0.1) is 13.2 Å². The fourth-order valence-electron chi connectivity index (χ4n) is 1.81. The van der Waals surface area contributed by atoms with Crippen LogP contribution in [0.1, 0.15) is 12.0 Å². The van der Waals surface area contributed by atoms with Crippen molar-refractivity contribution in [3.05, 3.63) is 34.3 Å². The molecule has 0 radical (unpaired) electrons. The number of halogens is 1. The molecule has 1 aromatic rings. The molecule has 1 heterocycles. The minimum Gasteiger partial charge on any atom is -0.376 e. The summed E-state index contributed by atoms with van der Waals surface area (Å²) in [7, 11) is 0. The Morgan fingerprint density at radius 2 is 2.27 bits per heavy atom. The van der Waals surface area contributed by atoms with Crippen LogP contribution in [0.2, 0.25) is 0 Å². The summed E-state index contributed by atoms with van der Waals surface area (Å²) in [4.78, 5) is 0. The van der Waals surface area contributed by atoms with Crippen LogP contribution in [0, 0.1) is 5.92 Å². The average Bonchev–Trinajstić information content (AvgIpc) is 2.74. The van der Waals surface area contributed by atoms with Crippen molar-refractivity contribution in [2.75, 3.05) is 19.7 Å². The van der Waals surface area contributed by atoms with Gasteiger partial charge in [-0.1, -0.05) is 34.1 Å². The van der Waals surface area contributed by atoms with Gasteiger partial charge in [-0.05, 0) is 30.5 Å². The SMILES string of the molecule is Brc1ccccc1COCC1CCNC1. The molecule has 0 spiro atoms. The van der Waals surface area contributed by atoms with Crippen molar-refractivity contribution in [1.82, 2.24) is 5.32 Å². The number of benzene rings is 1. The highest BCUT2D eigenvalue weighted by molar-refractivity contribution is 9.10. The predicted molar refractivity (Wildman–Crippen MR) is 64.8 cm³/mol. The second-order valence-electron chi connectivity index (χ2n) is 3.97. The average molecular weight is 270 g/mol. The second kappa shape index (κ2) is 5.64. The summed E-state index contributed by atoms with van der Waals surface area (Å²) < 4.78 is 6.85. The first kappa shape index (κ1) is 11.1. The summed E-state index contributed by atoms with van der Waals surface area (Å²) >= 11 is 3.52. The smallest absolute Gasteiger partial charge is 0.0727 e. The molecule has 1 saturated heterocycles. The molecule has 3 heteroatoms. The minimum atomic E-state index is 0.701. The maximum absolute atomic E-state index is 5.71. The molecule has 2 nitrogen and oxygen atoms in total. The topological polar surface area (TPSA) is 21.3 Å². The van der Waals surface area contributed by atoms with Gasteiger partial charge in [-0.25, -0.2) is 0 Å². The Kier molecular flexibility index (Phi) is 4.18. The molecule has 1 atom stereocenters. The van der Waals surface area contributed by atoms with E-state index < -0.39 is 0 Å². The van der Waals surface area contributed by atoms with Crippen LogP contribution in [0.5, 0.6) is 0 Å². The molecule has 0 amide bonds. The molecule has 0 aliphatic carbocycles. The van der Waals surface area contributed by atoms with Crippen LogP contribution in [0.15, 0.2) is 28.7 Å². The highest BCUT2D eigenvalue weighted by atomic mass is 79.9. The van der Waals surface area contributed by atoms with Gasteiger partial charge in [0, 0.05) is 11.0 Å². The largest absolute Gasteiger partial charge is 0.376 e. The number of hydrogen-bond acceptors (Lipinski definition) is 2. The minimum absolute atomic E-state index is 0.701. The van der Waals surface area contributed by atoms with Crippen LogP contribution in [0.25, 0.3) is 0 Å². The van der Waals surface area contributed by atoms with Crippen molar-refractivity contribution >= 4 is 15.9 Å². The van der Waals surface area contributed by atoms with E-state index in [4.69, 9.17) is 4.74 Å². The van der Waals surface area contributed by atoms with Gasteiger partial charge in [0.25, 0.3) is 0 Å². The molecule has 2 rings (SSSR count). The van der Waals surface area contributed by atoms with Gasteiger partial charge in [-0.2, -0.15) is 0 Å². The Bertz CT molecular complexity index is 310. The lowest BCUT2D eigenvalue weighted by Crippen LogP contribution is -2.13. The van der Waals surface area contributed by atoms with E-state index in [0.717, 1.165) is 24.2 Å². The van der Waals surface area contributed by atoms with Gasteiger partial charge in [0.15, 0.2) is 0 Å². The molecular formula is C12H16BrNO. The summed E-state index contributed by atoms with van der Waals surface area (Å²) in [6, 6.07) is 8.21. The molecule has 1 N–H and O–H groups in total. The lowest BCUT2D eigenvalue weighted by Gasteiger charge is -2.10. The molecule has 0 bridgehead atoms. The molecule has 1 aliphatic rings. The van der Waals surface area contributed by atoms with Crippen LogP contribution < -0.4 is 5.32 Å². The zero-order valence-electron chi connectivity index (χ0n) is 8.71. The zero-order valence-corrected chi connectivity index (χ0v) is 10.3. The molecule has 1 unspecified atom stereocenters. The number of ether oxygens (including phenoxy) is 1. The summed E-state index contributed by atoms with van der Waals surface area (Å²) in [6.45, 7) is 3.82. The lowest BCUT2D eigenvalue weighted by atomic mass is 10.1. The van der Waals surface area contributed by atoms with Gasteiger partial charge in [0.1, 0.15) is 0 Å². The Balaban J connectivity index is 1.75. The van der Waals surface area contributed by atoms with E-state index in [-0.39, 0.29) is 0 Å². The van der Waals surface area contributed by atoms with Crippen LogP contribution in [-0.4, -0.2) is 19.7 Å². The van der Waals surface area contributed by atoms with E-state index in [1.807, 2.05) is 12.1 Å². The summed E-state index contributed by atoms with van der Waals surface area (Å²) in [5, 5.41) is 3.34. The van der Waals surface area contributed by atoms with Crippen molar-refractivity contribution in [1.29, 1.82) is 0 Å². The summed E-state index contributed by atoms with van der Waals surface area (Å²) in [5.74, 6) is 0.701. The predicted octanol–water partition coefficient (Wildman–Crippen LogP) is 2.58. The van der Waals surface area contributed by atoms with Gasteiger partial charge in [0.2, 0.25) is 0 Å². The molecular weight excluding hydrogens is 254 g/mol. The van der Waals surface area contributed by atoms with Crippen molar-refractivity contribution in [3.8, 4) is 0 Å². The molecule has 0 aromatic heterocycles. The maximum Gasteiger partial charge on any atom is 0.0727 e. The Labute approximate surface area is 99.1 Å². The zero-order chi connectivity index (χ0) is 10.5. The monoisotopic (exact) mass is 269 g/mol. The first-order valence-corrected chi connectivity index (χ1v) is 6.17.